The van der Waals surface area contributed by atoms with E-state index in [0.717, 1.165) is 5.56 Å². The van der Waals surface area contributed by atoms with Crippen molar-refractivity contribution in [2.75, 3.05) is 6.61 Å². The van der Waals surface area contributed by atoms with Crippen LogP contribution in [0, 0.1) is 10.1 Å². The predicted molar refractivity (Wildman–Crippen MR) is 71.8 cm³/mol. The second kappa shape index (κ2) is 7.31. The molecule has 0 fully saturated rings. The highest BCUT2D eigenvalue weighted by atomic mass is 16.6. The van der Waals surface area contributed by atoms with Gasteiger partial charge in [-0.2, -0.15) is 0 Å². The summed E-state index contributed by atoms with van der Waals surface area (Å²) in [4.78, 5) is 21.6. The minimum absolute atomic E-state index is 0.0867. The Morgan fingerprint density at radius 3 is 2.84 bits per heavy atom. The molecule has 0 saturated heterocycles. The van der Waals surface area contributed by atoms with Crippen molar-refractivity contribution in [2.24, 2.45) is 0 Å². The Hall–Kier alpha value is -2.17. The van der Waals surface area contributed by atoms with E-state index in [9.17, 15) is 14.9 Å². The van der Waals surface area contributed by atoms with Gasteiger partial charge in [-0.1, -0.05) is 18.2 Å². The molecule has 0 aliphatic heterocycles. The van der Waals surface area contributed by atoms with Crippen molar-refractivity contribution in [3.05, 3.63) is 51.6 Å². The zero-order valence-electron chi connectivity index (χ0n) is 11.1. The molecule has 0 radical (unpaired) electrons. The fraction of sp³-hybridized carbons (Fsp3) is 0.357. The van der Waals surface area contributed by atoms with Gasteiger partial charge in [-0.15, -0.1) is 0 Å². The van der Waals surface area contributed by atoms with E-state index in [1.54, 1.807) is 32.1 Å². The number of rotatable bonds is 6. The normalized spacial score (nSPS) is 11.2. The second-order valence-corrected chi connectivity index (χ2v) is 4.07. The summed E-state index contributed by atoms with van der Waals surface area (Å²) in [6.45, 7) is 3.81. The smallest absolute Gasteiger partial charge is 0.333 e. The van der Waals surface area contributed by atoms with Crippen molar-refractivity contribution in [3.8, 4) is 0 Å². The standard InChI is InChI=1S/C14H17NO4/c1-3-19-14(16)11(2)6-4-7-12-8-5-9-13(10-12)15(17)18/h5-6,8-10H,3-4,7H2,1-2H3. The number of nitro benzene ring substituents is 1. The van der Waals surface area contributed by atoms with E-state index in [2.05, 4.69) is 0 Å². The summed E-state index contributed by atoms with van der Waals surface area (Å²) < 4.78 is 4.86. The third-order valence-corrected chi connectivity index (χ3v) is 2.60. The largest absolute Gasteiger partial charge is 0.463 e. The topological polar surface area (TPSA) is 69.4 Å². The molecule has 0 aliphatic carbocycles. The van der Waals surface area contributed by atoms with Crippen molar-refractivity contribution >= 4 is 11.7 Å². The van der Waals surface area contributed by atoms with E-state index >= 15 is 0 Å². The molecule has 0 unspecified atom stereocenters. The molecule has 102 valence electrons. The quantitative estimate of drug-likeness (QED) is 0.342. The summed E-state index contributed by atoms with van der Waals surface area (Å²) in [5.74, 6) is -0.318. The third-order valence-electron chi connectivity index (χ3n) is 2.60. The number of ether oxygens (including phenoxy) is 1. The number of nitro groups is 1. The van der Waals surface area contributed by atoms with Crippen LogP contribution in [0.5, 0.6) is 0 Å². The first-order valence-corrected chi connectivity index (χ1v) is 6.11. The molecule has 0 atom stereocenters. The minimum atomic E-state index is -0.413. The summed E-state index contributed by atoms with van der Waals surface area (Å²) in [6.07, 6.45) is 3.08. The molecule has 0 spiro atoms. The zero-order valence-corrected chi connectivity index (χ0v) is 11.1. The van der Waals surface area contributed by atoms with Crippen LogP contribution in [0.3, 0.4) is 0 Å². The van der Waals surface area contributed by atoms with Crippen LogP contribution in [0.2, 0.25) is 0 Å². The van der Waals surface area contributed by atoms with E-state index in [1.165, 1.54) is 6.07 Å². The maximum atomic E-state index is 11.3. The fourth-order valence-corrected chi connectivity index (χ4v) is 1.61. The van der Waals surface area contributed by atoms with Gasteiger partial charge in [0.05, 0.1) is 11.5 Å². The molecular weight excluding hydrogens is 246 g/mol. The number of carbonyl (C=O) groups is 1. The van der Waals surface area contributed by atoms with Gasteiger partial charge in [-0.25, -0.2) is 4.79 Å². The molecule has 0 heterocycles. The van der Waals surface area contributed by atoms with E-state index in [4.69, 9.17) is 4.74 Å². The van der Waals surface area contributed by atoms with Gasteiger partial charge in [0.15, 0.2) is 0 Å². The van der Waals surface area contributed by atoms with E-state index in [-0.39, 0.29) is 11.7 Å². The first-order chi connectivity index (χ1) is 9.04. The Kier molecular flexibility index (Phi) is 5.73. The van der Waals surface area contributed by atoms with Gasteiger partial charge >= 0.3 is 5.97 Å². The van der Waals surface area contributed by atoms with Crippen LogP contribution >= 0.6 is 0 Å². The van der Waals surface area contributed by atoms with Crippen molar-refractivity contribution in [2.45, 2.75) is 26.7 Å². The van der Waals surface area contributed by atoms with Crippen LogP contribution in [0.1, 0.15) is 25.8 Å². The molecular formula is C14H17NO4. The first-order valence-electron chi connectivity index (χ1n) is 6.11. The van der Waals surface area contributed by atoms with Crippen LogP contribution in [0.25, 0.3) is 0 Å². The summed E-state index contributed by atoms with van der Waals surface area (Å²) in [5, 5.41) is 10.6. The Labute approximate surface area is 112 Å². The van der Waals surface area contributed by atoms with Gasteiger partial charge in [0.1, 0.15) is 0 Å². The average molecular weight is 263 g/mol. The summed E-state index contributed by atoms with van der Waals surface area (Å²) in [7, 11) is 0. The SMILES string of the molecule is CCOC(=O)C(C)=CCCc1cccc([N+](=O)[O-])c1. The lowest BCUT2D eigenvalue weighted by Crippen LogP contribution is -2.05. The maximum absolute atomic E-state index is 11.3. The lowest BCUT2D eigenvalue weighted by Gasteiger charge is -2.02. The highest BCUT2D eigenvalue weighted by Crippen LogP contribution is 2.14. The number of esters is 1. The van der Waals surface area contributed by atoms with Gasteiger partial charge in [0.25, 0.3) is 5.69 Å². The second-order valence-electron chi connectivity index (χ2n) is 4.07. The van der Waals surface area contributed by atoms with Gasteiger partial charge in [-0.05, 0) is 32.3 Å². The highest BCUT2D eigenvalue weighted by molar-refractivity contribution is 5.87. The first kappa shape index (κ1) is 14.9. The van der Waals surface area contributed by atoms with Gasteiger partial charge in [0, 0.05) is 17.7 Å². The highest BCUT2D eigenvalue weighted by Gasteiger charge is 2.06. The van der Waals surface area contributed by atoms with E-state index in [0.29, 0.717) is 25.0 Å². The molecule has 5 heteroatoms. The molecule has 0 bridgehead atoms. The number of nitrogens with zero attached hydrogens (tertiary/aromatic N) is 1. The Morgan fingerprint density at radius 1 is 1.47 bits per heavy atom. The zero-order chi connectivity index (χ0) is 14.3. The average Bonchev–Trinajstić information content (AvgIpc) is 2.39. The number of hydrogen-bond acceptors (Lipinski definition) is 4. The summed E-state index contributed by atoms with van der Waals surface area (Å²) in [6, 6.07) is 6.51. The third kappa shape index (κ3) is 4.91. The van der Waals surface area contributed by atoms with Crippen molar-refractivity contribution in [1.82, 2.24) is 0 Å². The van der Waals surface area contributed by atoms with Crippen LogP contribution in [-0.4, -0.2) is 17.5 Å². The van der Waals surface area contributed by atoms with Gasteiger partial charge in [-0.3, -0.25) is 10.1 Å². The number of aryl methyl sites for hydroxylation is 1. The molecule has 1 rings (SSSR count). The van der Waals surface area contributed by atoms with Gasteiger partial charge in [0.2, 0.25) is 0 Å². The van der Waals surface area contributed by atoms with Crippen molar-refractivity contribution < 1.29 is 14.5 Å². The Bertz CT molecular complexity index is 494. The van der Waals surface area contributed by atoms with Crippen LogP contribution < -0.4 is 0 Å². The molecule has 0 amide bonds. The van der Waals surface area contributed by atoms with E-state index < -0.39 is 4.92 Å². The van der Waals surface area contributed by atoms with Crippen LogP contribution in [0.15, 0.2) is 35.9 Å². The van der Waals surface area contributed by atoms with Gasteiger partial charge < -0.3 is 4.74 Å². The molecule has 19 heavy (non-hydrogen) atoms. The summed E-state index contributed by atoms with van der Waals surface area (Å²) in [5.41, 5.74) is 1.53. The molecule has 0 aromatic heterocycles. The molecule has 1 aromatic carbocycles. The molecule has 0 saturated carbocycles. The number of non-ortho nitro benzene ring substituents is 1. The summed E-state index contributed by atoms with van der Waals surface area (Å²) >= 11 is 0. The van der Waals surface area contributed by atoms with E-state index in [1.807, 2.05) is 6.07 Å². The van der Waals surface area contributed by atoms with Crippen LogP contribution in [-0.2, 0) is 16.0 Å². The number of benzene rings is 1. The number of allylic oxidation sites excluding steroid dienone is 1. The Balaban J connectivity index is 2.57. The molecule has 0 N–H and O–H groups in total. The molecule has 1 aromatic rings. The Morgan fingerprint density at radius 2 is 2.21 bits per heavy atom. The lowest BCUT2D eigenvalue weighted by atomic mass is 10.1. The minimum Gasteiger partial charge on any atom is -0.463 e. The van der Waals surface area contributed by atoms with Crippen LogP contribution in [0.4, 0.5) is 5.69 Å². The number of carbonyl (C=O) groups excluding carboxylic acids is 1. The monoisotopic (exact) mass is 263 g/mol. The molecule has 0 aliphatic rings. The lowest BCUT2D eigenvalue weighted by molar-refractivity contribution is -0.384. The predicted octanol–water partition coefficient (Wildman–Crippen LogP) is 3.04. The molecule has 5 nitrogen and oxygen atoms in total. The van der Waals surface area contributed by atoms with Crippen molar-refractivity contribution in [1.29, 1.82) is 0 Å². The fourth-order valence-electron chi connectivity index (χ4n) is 1.61. The maximum Gasteiger partial charge on any atom is 0.333 e. The van der Waals surface area contributed by atoms with Crippen molar-refractivity contribution in [3.63, 3.8) is 0 Å². The number of hydrogen-bond donors (Lipinski definition) is 0.